The number of carbonyl (C=O) groups excluding carboxylic acids is 1. The van der Waals surface area contributed by atoms with Crippen LogP contribution in [0.3, 0.4) is 0 Å². The van der Waals surface area contributed by atoms with E-state index < -0.39 is 50.3 Å². The zero-order valence-corrected chi connectivity index (χ0v) is 16.9. The lowest BCUT2D eigenvalue weighted by atomic mass is 9.61. The molecular weight excluding hydrogens is 370 g/mol. The van der Waals surface area contributed by atoms with E-state index in [1.807, 2.05) is 0 Å². The number of nitro benzene ring substituents is 1. The van der Waals surface area contributed by atoms with Gasteiger partial charge in [0, 0.05) is 5.56 Å². The Morgan fingerprint density at radius 3 is 1.68 bits per heavy atom. The zero-order chi connectivity index (χ0) is 22.2. The fraction of sp³-hybridized carbons (Fsp3) is 0.526. The van der Waals surface area contributed by atoms with Gasteiger partial charge in [-0.15, -0.1) is 0 Å². The van der Waals surface area contributed by atoms with Crippen molar-refractivity contribution >= 4 is 23.6 Å². The molecule has 0 aliphatic rings. The number of hydrogen-bond acceptors (Lipinski definition) is 6. The van der Waals surface area contributed by atoms with Gasteiger partial charge in [-0.05, 0) is 23.0 Å². The summed E-state index contributed by atoms with van der Waals surface area (Å²) >= 11 is 0. The highest BCUT2D eigenvalue weighted by Gasteiger charge is 2.60. The Kier molecular flexibility index (Phi) is 5.94. The Morgan fingerprint density at radius 2 is 1.39 bits per heavy atom. The van der Waals surface area contributed by atoms with Gasteiger partial charge in [-0.1, -0.05) is 41.5 Å². The van der Waals surface area contributed by atoms with Gasteiger partial charge in [-0.25, -0.2) is 4.79 Å². The molecule has 28 heavy (non-hydrogen) atoms. The standard InChI is InChI=1S/C19H25NO8/c1-17(2,3)11-8-10(14(21)28-7)9-12(13(11)20(26)27)19(15(22)23,16(24)25)18(4,5)6/h8-9H,1-7H3,(H,22,23)(H,24,25). The lowest BCUT2D eigenvalue weighted by molar-refractivity contribution is -0.387. The van der Waals surface area contributed by atoms with Gasteiger partial charge >= 0.3 is 17.9 Å². The van der Waals surface area contributed by atoms with Gasteiger partial charge in [0.05, 0.1) is 23.2 Å². The molecule has 0 bridgehead atoms. The molecule has 0 fully saturated rings. The van der Waals surface area contributed by atoms with Gasteiger partial charge in [0.1, 0.15) is 0 Å². The van der Waals surface area contributed by atoms with Crippen molar-refractivity contribution in [3.05, 3.63) is 38.9 Å². The van der Waals surface area contributed by atoms with E-state index in [0.717, 1.165) is 13.2 Å². The molecule has 1 aromatic rings. The van der Waals surface area contributed by atoms with Crippen molar-refractivity contribution in [3.8, 4) is 0 Å². The van der Waals surface area contributed by atoms with Gasteiger partial charge in [0.15, 0.2) is 0 Å². The number of esters is 1. The van der Waals surface area contributed by atoms with Gasteiger partial charge in [0.25, 0.3) is 5.69 Å². The molecule has 9 heteroatoms. The summed E-state index contributed by atoms with van der Waals surface area (Å²) in [5.41, 5.74) is -6.38. The summed E-state index contributed by atoms with van der Waals surface area (Å²) in [5, 5.41) is 31.9. The first-order chi connectivity index (χ1) is 12.5. The second kappa shape index (κ2) is 7.21. The van der Waals surface area contributed by atoms with Crippen LogP contribution in [0.1, 0.15) is 63.0 Å². The Labute approximate surface area is 162 Å². The fourth-order valence-electron chi connectivity index (χ4n) is 3.29. The van der Waals surface area contributed by atoms with E-state index in [0.29, 0.717) is 0 Å². The number of nitrogens with zero attached hydrogens (tertiary/aromatic N) is 1. The topological polar surface area (TPSA) is 144 Å². The first-order valence-electron chi connectivity index (χ1n) is 8.42. The average molecular weight is 395 g/mol. The van der Waals surface area contributed by atoms with Crippen molar-refractivity contribution in [3.63, 3.8) is 0 Å². The van der Waals surface area contributed by atoms with E-state index in [-0.39, 0.29) is 11.1 Å². The third-order valence-electron chi connectivity index (χ3n) is 4.69. The Balaban J connectivity index is 4.37. The molecule has 0 saturated heterocycles. The summed E-state index contributed by atoms with van der Waals surface area (Å²) in [7, 11) is 1.10. The second-order valence-corrected chi connectivity index (χ2v) is 8.53. The molecule has 1 aromatic carbocycles. The molecule has 1 rings (SSSR count). The number of aliphatic carboxylic acids is 2. The minimum Gasteiger partial charge on any atom is -0.480 e. The summed E-state index contributed by atoms with van der Waals surface area (Å²) in [6.07, 6.45) is 0. The number of carboxylic acid groups (broad SMARTS) is 2. The highest BCUT2D eigenvalue weighted by Crippen LogP contribution is 2.48. The lowest BCUT2D eigenvalue weighted by Gasteiger charge is -2.38. The number of carboxylic acids is 2. The minimum absolute atomic E-state index is 0.0338. The predicted molar refractivity (Wildman–Crippen MR) is 99.5 cm³/mol. The molecular formula is C19H25NO8. The summed E-state index contributed by atoms with van der Waals surface area (Å²) in [6.45, 7) is 9.00. The summed E-state index contributed by atoms with van der Waals surface area (Å²) in [5.74, 6) is -4.39. The van der Waals surface area contributed by atoms with Crippen molar-refractivity contribution in [2.75, 3.05) is 7.11 Å². The van der Waals surface area contributed by atoms with E-state index in [9.17, 15) is 34.7 Å². The quantitative estimate of drug-likeness (QED) is 0.335. The summed E-state index contributed by atoms with van der Waals surface area (Å²) in [6, 6.07) is 2.18. The Hall–Kier alpha value is -2.97. The van der Waals surface area contributed by atoms with Crippen molar-refractivity contribution in [1.82, 2.24) is 0 Å². The molecule has 0 amide bonds. The van der Waals surface area contributed by atoms with Gasteiger partial charge in [-0.3, -0.25) is 19.7 Å². The van der Waals surface area contributed by atoms with Crippen LogP contribution in [-0.2, 0) is 25.2 Å². The van der Waals surface area contributed by atoms with E-state index in [4.69, 9.17) is 0 Å². The highest BCUT2D eigenvalue weighted by atomic mass is 16.6. The Morgan fingerprint density at radius 1 is 0.964 bits per heavy atom. The zero-order valence-electron chi connectivity index (χ0n) is 16.9. The summed E-state index contributed by atoms with van der Waals surface area (Å²) in [4.78, 5) is 47.9. The molecule has 0 aliphatic heterocycles. The molecule has 9 nitrogen and oxygen atoms in total. The van der Waals surface area contributed by atoms with E-state index in [1.54, 1.807) is 20.8 Å². The molecule has 154 valence electrons. The normalized spacial score (nSPS) is 12.4. The molecule has 0 aromatic heterocycles. The highest BCUT2D eigenvalue weighted by molar-refractivity contribution is 6.07. The average Bonchev–Trinajstić information content (AvgIpc) is 2.50. The van der Waals surface area contributed by atoms with Crippen LogP contribution in [0.2, 0.25) is 0 Å². The third-order valence-corrected chi connectivity index (χ3v) is 4.69. The number of carbonyl (C=O) groups is 3. The van der Waals surface area contributed by atoms with Crippen molar-refractivity contribution < 1.29 is 34.3 Å². The Bertz CT molecular complexity index is 829. The predicted octanol–water partition coefficient (Wildman–Crippen LogP) is 3.13. The maximum Gasteiger partial charge on any atom is 0.337 e. The maximum atomic E-state index is 12.3. The van der Waals surface area contributed by atoms with Crippen LogP contribution in [0.5, 0.6) is 0 Å². The molecule has 0 heterocycles. The van der Waals surface area contributed by atoms with Crippen LogP contribution >= 0.6 is 0 Å². The first-order valence-corrected chi connectivity index (χ1v) is 8.42. The number of methoxy groups -OCH3 is 1. The van der Waals surface area contributed by atoms with Gasteiger partial charge < -0.3 is 14.9 Å². The lowest BCUT2D eigenvalue weighted by Crippen LogP contribution is -2.54. The third kappa shape index (κ3) is 3.56. The molecule has 0 radical (unpaired) electrons. The van der Waals surface area contributed by atoms with Crippen LogP contribution in [0.25, 0.3) is 0 Å². The number of benzene rings is 1. The molecule has 0 aliphatic carbocycles. The molecule has 2 N–H and O–H groups in total. The number of nitro groups is 1. The number of ether oxygens (including phenoxy) is 1. The molecule has 0 spiro atoms. The smallest absolute Gasteiger partial charge is 0.337 e. The van der Waals surface area contributed by atoms with Crippen LogP contribution in [0, 0.1) is 15.5 Å². The van der Waals surface area contributed by atoms with E-state index >= 15 is 0 Å². The molecule has 0 atom stereocenters. The van der Waals surface area contributed by atoms with Gasteiger partial charge in [-0.2, -0.15) is 0 Å². The summed E-state index contributed by atoms with van der Waals surface area (Å²) < 4.78 is 4.67. The van der Waals surface area contributed by atoms with Crippen LogP contribution in [0.15, 0.2) is 12.1 Å². The largest absolute Gasteiger partial charge is 0.480 e. The SMILES string of the molecule is COC(=O)c1cc(C(C)(C)C)c([N+](=O)[O-])c(C(C(=O)O)(C(=O)O)C(C)(C)C)c1. The monoisotopic (exact) mass is 395 g/mol. The second-order valence-electron chi connectivity index (χ2n) is 8.53. The van der Waals surface area contributed by atoms with Gasteiger partial charge in [0.2, 0.25) is 5.41 Å². The van der Waals surface area contributed by atoms with Crippen LogP contribution < -0.4 is 0 Å². The van der Waals surface area contributed by atoms with Crippen LogP contribution in [0.4, 0.5) is 5.69 Å². The van der Waals surface area contributed by atoms with E-state index in [1.165, 1.54) is 26.8 Å². The molecule has 0 unspecified atom stereocenters. The number of hydrogen-bond donors (Lipinski definition) is 2. The fourth-order valence-corrected chi connectivity index (χ4v) is 3.29. The van der Waals surface area contributed by atoms with E-state index in [2.05, 4.69) is 4.74 Å². The maximum absolute atomic E-state index is 12.3. The first kappa shape index (κ1) is 23.1. The van der Waals surface area contributed by atoms with Crippen molar-refractivity contribution in [1.29, 1.82) is 0 Å². The van der Waals surface area contributed by atoms with Crippen molar-refractivity contribution in [2.45, 2.75) is 52.4 Å². The minimum atomic E-state index is -2.68. The number of rotatable bonds is 5. The van der Waals surface area contributed by atoms with Crippen LogP contribution in [-0.4, -0.2) is 40.2 Å². The van der Waals surface area contributed by atoms with Crippen molar-refractivity contribution in [2.24, 2.45) is 5.41 Å². The molecule has 0 saturated carbocycles.